The van der Waals surface area contributed by atoms with Gasteiger partial charge in [0.25, 0.3) is 5.91 Å². The van der Waals surface area contributed by atoms with E-state index in [9.17, 15) is 4.79 Å². The maximum absolute atomic E-state index is 12.6. The number of likely N-dealkylation sites (tertiary alicyclic amines) is 1. The van der Waals surface area contributed by atoms with E-state index in [-0.39, 0.29) is 12.0 Å². The lowest BCUT2D eigenvalue weighted by Crippen LogP contribution is -2.32. The average Bonchev–Trinajstić information content (AvgIpc) is 3.23. The summed E-state index contributed by atoms with van der Waals surface area (Å²) in [7, 11) is 3.83. The van der Waals surface area contributed by atoms with Crippen LogP contribution in [0.2, 0.25) is 0 Å². The van der Waals surface area contributed by atoms with Crippen molar-refractivity contribution in [3.05, 3.63) is 30.4 Å². The molecule has 1 amide bonds. The van der Waals surface area contributed by atoms with Crippen LogP contribution in [-0.2, 0) is 6.54 Å². The van der Waals surface area contributed by atoms with Crippen LogP contribution in [0.1, 0.15) is 23.8 Å². The quantitative estimate of drug-likeness (QED) is 0.816. The molecule has 8 heteroatoms. The number of carbonyl (C=O) groups excluding carboxylic acids is 1. The Morgan fingerprint density at radius 2 is 2.25 bits per heavy atom. The third-order valence-electron chi connectivity index (χ3n) is 4.04. The summed E-state index contributed by atoms with van der Waals surface area (Å²) in [6.07, 6.45) is 3.87. The van der Waals surface area contributed by atoms with Crippen LogP contribution in [0.25, 0.3) is 0 Å². The number of rotatable bonds is 5. The average molecular weight is 330 g/mol. The summed E-state index contributed by atoms with van der Waals surface area (Å²) >= 11 is 0. The number of amides is 1. The topological polar surface area (TPSA) is 76.4 Å². The third-order valence-corrected chi connectivity index (χ3v) is 4.04. The number of hydrogen-bond donors (Lipinski definition) is 0. The second kappa shape index (κ2) is 6.86. The Kier molecular flexibility index (Phi) is 4.64. The summed E-state index contributed by atoms with van der Waals surface area (Å²) in [4.78, 5) is 24.6. The standard InChI is InChI=1S/C16H22N6O2/c1-4-22-13(5-7-19-22)16(23)21-8-6-12(10-21)24-15-9-14(20(2)3)17-11-18-15/h5,7,9,11-12H,4,6,8,10H2,1-3H3/t12-/m0/s1. The summed E-state index contributed by atoms with van der Waals surface area (Å²) in [6, 6.07) is 3.56. The van der Waals surface area contributed by atoms with Crippen molar-refractivity contribution in [2.45, 2.75) is 26.0 Å². The molecule has 8 nitrogen and oxygen atoms in total. The molecule has 1 aliphatic heterocycles. The van der Waals surface area contributed by atoms with Gasteiger partial charge in [-0.1, -0.05) is 0 Å². The van der Waals surface area contributed by atoms with Gasteiger partial charge in [-0.25, -0.2) is 9.97 Å². The smallest absolute Gasteiger partial charge is 0.272 e. The zero-order valence-electron chi connectivity index (χ0n) is 14.2. The molecule has 0 aromatic carbocycles. The molecule has 0 spiro atoms. The molecule has 1 saturated heterocycles. The molecule has 2 aromatic rings. The lowest BCUT2D eigenvalue weighted by Gasteiger charge is -2.18. The van der Waals surface area contributed by atoms with Gasteiger partial charge in [-0.2, -0.15) is 5.10 Å². The van der Waals surface area contributed by atoms with Crippen molar-refractivity contribution in [2.24, 2.45) is 0 Å². The number of ether oxygens (including phenoxy) is 1. The predicted octanol–water partition coefficient (Wildman–Crippen LogP) is 1.05. The fourth-order valence-corrected chi connectivity index (χ4v) is 2.75. The van der Waals surface area contributed by atoms with Crippen molar-refractivity contribution in [3.63, 3.8) is 0 Å². The van der Waals surface area contributed by atoms with Gasteiger partial charge in [0.1, 0.15) is 23.9 Å². The van der Waals surface area contributed by atoms with Crippen LogP contribution >= 0.6 is 0 Å². The molecule has 0 unspecified atom stereocenters. The van der Waals surface area contributed by atoms with Crippen LogP contribution in [0, 0.1) is 0 Å². The van der Waals surface area contributed by atoms with Gasteiger partial charge in [0.2, 0.25) is 5.88 Å². The molecular formula is C16H22N6O2. The van der Waals surface area contributed by atoms with E-state index in [0.717, 1.165) is 12.2 Å². The highest BCUT2D eigenvalue weighted by Gasteiger charge is 2.30. The Hall–Kier alpha value is -2.64. The fraction of sp³-hybridized carbons (Fsp3) is 0.500. The van der Waals surface area contributed by atoms with Gasteiger partial charge in [-0.15, -0.1) is 0 Å². The minimum atomic E-state index is -0.0585. The highest BCUT2D eigenvalue weighted by Crippen LogP contribution is 2.20. The Balaban J connectivity index is 1.63. The molecule has 1 fully saturated rings. The van der Waals surface area contributed by atoms with E-state index in [4.69, 9.17) is 4.74 Å². The van der Waals surface area contributed by atoms with Crippen molar-refractivity contribution < 1.29 is 9.53 Å². The lowest BCUT2D eigenvalue weighted by atomic mass is 10.3. The second-order valence-corrected chi connectivity index (χ2v) is 5.92. The zero-order chi connectivity index (χ0) is 17.1. The maximum atomic E-state index is 12.6. The molecule has 1 aliphatic rings. The first-order chi connectivity index (χ1) is 11.6. The highest BCUT2D eigenvalue weighted by atomic mass is 16.5. The van der Waals surface area contributed by atoms with E-state index in [0.29, 0.717) is 31.2 Å². The van der Waals surface area contributed by atoms with E-state index in [1.807, 2.05) is 30.8 Å². The summed E-state index contributed by atoms with van der Waals surface area (Å²) in [6.45, 7) is 3.87. The van der Waals surface area contributed by atoms with Crippen molar-refractivity contribution in [2.75, 3.05) is 32.1 Å². The molecule has 3 heterocycles. The Bertz CT molecular complexity index is 714. The molecule has 3 rings (SSSR count). The summed E-state index contributed by atoms with van der Waals surface area (Å²) in [5.74, 6) is 1.32. The summed E-state index contributed by atoms with van der Waals surface area (Å²) in [5, 5.41) is 4.16. The third kappa shape index (κ3) is 3.32. The molecule has 0 aliphatic carbocycles. The lowest BCUT2D eigenvalue weighted by molar-refractivity contribution is 0.0759. The molecule has 128 valence electrons. The van der Waals surface area contributed by atoms with Crippen molar-refractivity contribution in [1.29, 1.82) is 0 Å². The Morgan fingerprint density at radius 1 is 1.42 bits per heavy atom. The second-order valence-electron chi connectivity index (χ2n) is 5.92. The van der Waals surface area contributed by atoms with Crippen LogP contribution in [-0.4, -0.2) is 63.8 Å². The summed E-state index contributed by atoms with van der Waals surface area (Å²) in [5.41, 5.74) is 0.620. The Morgan fingerprint density at radius 3 is 3.00 bits per heavy atom. The minimum absolute atomic E-state index is 0.00267. The van der Waals surface area contributed by atoms with Gasteiger partial charge >= 0.3 is 0 Å². The van der Waals surface area contributed by atoms with E-state index in [2.05, 4.69) is 15.1 Å². The number of carbonyl (C=O) groups is 1. The maximum Gasteiger partial charge on any atom is 0.272 e. The number of anilines is 1. The molecular weight excluding hydrogens is 308 g/mol. The Labute approximate surface area is 141 Å². The molecule has 1 atom stereocenters. The SMILES string of the molecule is CCn1nccc1C(=O)N1CC[C@H](Oc2cc(N(C)C)ncn2)C1. The molecule has 0 bridgehead atoms. The normalized spacial score (nSPS) is 17.1. The summed E-state index contributed by atoms with van der Waals surface area (Å²) < 4.78 is 7.64. The number of nitrogens with zero attached hydrogens (tertiary/aromatic N) is 6. The highest BCUT2D eigenvalue weighted by molar-refractivity contribution is 5.92. The van der Waals surface area contributed by atoms with Gasteiger partial charge < -0.3 is 14.5 Å². The molecule has 0 radical (unpaired) electrons. The monoisotopic (exact) mass is 330 g/mol. The van der Waals surface area contributed by atoms with E-state index in [1.54, 1.807) is 23.0 Å². The van der Waals surface area contributed by atoms with Gasteiger partial charge in [-0.05, 0) is 13.0 Å². The minimum Gasteiger partial charge on any atom is -0.472 e. The van der Waals surface area contributed by atoms with Crippen LogP contribution in [0.3, 0.4) is 0 Å². The molecule has 2 aromatic heterocycles. The van der Waals surface area contributed by atoms with E-state index in [1.165, 1.54) is 6.33 Å². The van der Waals surface area contributed by atoms with Gasteiger partial charge in [0.15, 0.2) is 0 Å². The van der Waals surface area contributed by atoms with Crippen LogP contribution in [0.15, 0.2) is 24.7 Å². The molecule has 24 heavy (non-hydrogen) atoms. The predicted molar refractivity (Wildman–Crippen MR) is 89.2 cm³/mol. The molecule has 0 N–H and O–H groups in total. The van der Waals surface area contributed by atoms with Crippen molar-refractivity contribution in [3.8, 4) is 5.88 Å². The first-order valence-electron chi connectivity index (χ1n) is 8.05. The van der Waals surface area contributed by atoms with Crippen molar-refractivity contribution >= 4 is 11.7 Å². The number of aromatic nitrogens is 4. The van der Waals surface area contributed by atoms with Gasteiger partial charge in [0, 0.05) is 45.9 Å². The number of aryl methyl sites for hydroxylation is 1. The van der Waals surface area contributed by atoms with Crippen LogP contribution in [0.5, 0.6) is 5.88 Å². The zero-order valence-corrected chi connectivity index (χ0v) is 14.2. The van der Waals surface area contributed by atoms with Gasteiger partial charge in [0.05, 0.1) is 6.54 Å². The van der Waals surface area contributed by atoms with Crippen molar-refractivity contribution in [1.82, 2.24) is 24.6 Å². The van der Waals surface area contributed by atoms with Gasteiger partial charge in [-0.3, -0.25) is 9.48 Å². The fourth-order valence-electron chi connectivity index (χ4n) is 2.75. The van der Waals surface area contributed by atoms with Crippen LogP contribution in [0.4, 0.5) is 5.82 Å². The van der Waals surface area contributed by atoms with E-state index >= 15 is 0 Å². The van der Waals surface area contributed by atoms with E-state index < -0.39 is 0 Å². The largest absolute Gasteiger partial charge is 0.472 e. The first kappa shape index (κ1) is 16.2. The first-order valence-corrected chi connectivity index (χ1v) is 8.05. The number of hydrogen-bond acceptors (Lipinski definition) is 6. The van der Waals surface area contributed by atoms with Crippen LogP contribution < -0.4 is 9.64 Å². The molecule has 0 saturated carbocycles.